The van der Waals surface area contributed by atoms with Gasteiger partial charge in [0.15, 0.2) is 5.82 Å². The maximum atomic E-state index is 12.5. The zero-order chi connectivity index (χ0) is 21.8. The second-order valence-electron chi connectivity index (χ2n) is 6.56. The van der Waals surface area contributed by atoms with Crippen LogP contribution < -0.4 is 20.8 Å². The number of carbonyl (C=O) groups excluding carboxylic acids is 2. The molecular weight excluding hydrogens is 400 g/mol. The maximum Gasteiger partial charge on any atom is 0.257 e. The van der Waals surface area contributed by atoms with Crippen molar-refractivity contribution >= 4 is 28.5 Å². The van der Waals surface area contributed by atoms with Crippen molar-refractivity contribution in [2.24, 2.45) is 0 Å². The molecule has 0 unspecified atom stereocenters. The molecule has 0 radical (unpaired) electrons. The Bertz CT molecular complexity index is 1330. The quantitative estimate of drug-likeness (QED) is 0.435. The van der Waals surface area contributed by atoms with Gasteiger partial charge < -0.3 is 20.4 Å². The number of anilines is 1. The minimum absolute atomic E-state index is 0.0736. The van der Waals surface area contributed by atoms with Crippen molar-refractivity contribution in [1.82, 2.24) is 25.3 Å². The van der Waals surface area contributed by atoms with Gasteiger partial charge in [-0.3, -0.25) is 14.4 Å². The third kappa shape index (κ3) is 4.27. The van der Waals surface area contributed by atoms with E-state index in [4.69, 9.17) is 4.74 Å². The third-order valence-corrected chi connectivity index (χ3v) is 4.52. The summed E-state index contributed by atoms with van der Waals surface area (Å²) in [6, 6.07) is 14.0. The van der Waals surface area contributed by atoms with Gasteiger partial charge in [0.2, 0.25) is 11.3 Å². The first-order valence-electron chi connectivity index (χ1n) is 9.30. The Balaban J connectivity index is 1.39. The monoisotopic (exact) mass is 418 g/mol. The van der Waals surface area contributed by atoms with Gasteiger partial charge in [-0.05, 0) is 24.3 Å². The summed E-state index contributed by atoms with van der Waals surface area (Å²) in [7, 11) is 1.56. The van der Waals surface area contributed by atoms with Gasteiger partial charge >= 0.3 is 0 Å². The number of amides is 2. The highest BCUT2D eigenvalue weighted by atomic mass is 16.5. The molecule has 0 spiro atoms. The van der Waals surface area contributed by atoms with Crippen molar-refractivity contribution in [2.75, 3.05) is 19.0 Å². The summed E-state index contributed by atoms with van der Waals surface area (Å²) in [5.74, 6) is -0.291. The van der Waals surface area contributed by atoms with Crippen molar-refractivity contribution in [3.8, 4) is 11.4 Å². The Morgan fingerprint density at radius 2 is 2.00 bits per heavy atom. The fraction of sp³-hybridized carbons (Fsp3) is 0.0952. The highest BCUT2D eigenvalue weighted by Crippen LogP contribution is 2.16. The number of fused-ring (bicyclic) bond motifs is 1. The number of carbonyl (C=O) groups is 2. The topological polar surface area (TPSA) is 131 Å². The average Bonchev–Trinajstić information content (AvgIpc) is 3.26. The molecule has 10 nitrogen and oxygen atoms in total. The van der Waals surface area contributed by atoms with Crippen LogP contribution in [0, 0.1) is 0 Å². The molecule has 4 aromatic rings. The molecule has 0 aliphatic carbocycles. The van der Waals surface area contributed by atoms with Crippen LogP contribution in [0.2, 0.25) is 0 Å². The number of nitrogens with zero attached hydrogens (tertiary/aromatic N) is 3. The molecule has 156 valence electrons. The summed E-state index contributed by atoms with van der Waals surface area (Å²) >= 11 is 0. The normalized spacial score (nSPS) is 10.6. The first-order chi connectivity index (χ1) is 15.0. The number of para-hydroxylation sites is 1. The first-order valence-corrected chi connectivity index (χ1v) is 9.30. The van der Waals surface area contributed by atoms with Crippen LogP contribution in [0.25, 0.3) is 16.6 Å². The molecule has 0 saturated carbocycles. The predicted molar refractivity (Wildman–Crippen MR) is 113 cm³/mol. The molecule has 10 heteroatoms. The summed E-state index contributed by atoms with van der Waals surface area (Å²) in [6.07, 6.45) is 2.86. The van der Waals surface area contributed by atoms with E-state index in [2.05, 4.69) is 25.9 Å². The molecule has 31 heavy (non-hydrogen) atoms. The molecule has 0 saturated heterocycles. The van der Waals surface area contributed by atoms with Gasteiger partial charge in [-0.15, -0.1) is 5.10 Å². The smallest absolute Gasteiger partial charge is 0.257 e. The van der Waals surface area contributed by atoms with Gasteiger partial charge in [0, 0.05) is 23.2 Å². The molecule has 0 bridgehead atoms. The van der Waals surface area contributed by atoms with Crippen molar-refractivity contribution in [2.45, 2.75) is 0 Å². The Morgan fingerprint density at radius 1 is 1.16 bits per heavy atom. The van der Waals surface area contributed by atoms with E-state index < -0.39 is 17.2 Å². The van der Waals surface area contributed by atoms with Gasteiger partial charge in [-0.25, -0.2) is 4.68 Å². The van der Waals surface area contributed by atoms with Gasteiger partial charge in [0.1, 0.15) is 11.3 Å². The summed E-state index contributed by atoms with van der Waals surface area (Å²) in [5, 5.41) is 13.2. The van der Waals surface area contributed by atoms with E-state index in [9.17, 15) is 14.4 Å². The fourth-order valence-corrected chi connectivity index (χ4v) is 2.98. The minimum atomic E-state index is -0.651. The number of benzene rings is 2. The Kier molecular flexibility index (Phi) is 5.43. The van der Waals surface area contributed by atoms with Crippen molar-refractivity contribution in [3.05, 3.63) is 76.7 Å². The molecule has 0 aliphatic heterocycles. The lowest BCUT2D eigenvalue weighted by molar-refractivity contribution is -0.115. The Morgan fingerprint density at radius 3 is 2.84 bits per heavy atom. The van der Waals surface area contributed by atoms with Gasteiger partial charge in [-0.1, -0.05) is 23.4 Å². The number of aromatic nitrogens is 4. The number of aromatic amines is 1. The molecule has 2 aromatic heterocycles. The van der Waals surface area contributed by atoms with E-state index in [0.717, 1.165) is 0 Å². The lowest BCUT2D eigenvalue weighted by Crippen LogP contribution is -2.35. The number of pyridine rings is 1. The summed E-state index contributed by atoms with van der Waals surface area (Å²) in [5.41, 5.74) is 0.848. The van der Waals surface area contributed by atoms with Crippen LogP contribution >= 0.6 is 0 Å². The maximum absolute atomic E-state index is 12.5. The van der Waals surface area contributed by atoms with Crippen molar-refractivity contribution in [1.29, 1.82) is 0 Å². The molecule has 0 atom stereocenters. The van der Waals surface area contributed by atoms with Crippen LogP contribution in [0.1, 0.15) is 10.4 Å². The fourth-order valence-electron chi connectivity index (χ4n) is 2.98. The summed E-state index contributed by atoms with van der Waals surface area (Å²) in [6.45, 7) is -0.336. The van der Waals surface area contributed by atoms with Crippen LogP contribution in [0.3, 0.4) is 0 Å². The highest BCUT2D eigenvalue weighted by molar-refractivity contribution is 6.00. The van der Waals surface area contributed by atoms with Gasteiger partial charge in [0.25, 0.3) is 5.91 Å². The second-order valence-corrected chi connectivity index (χ2v) is 6.56. The van der Waals surface area contributed by atoms with Crippen molar-refractivity contribution in [3.63, 3.8) is 0 Å². The Labute approximate surface area is 175 Å². The molecular formula is C21H18N6O4. The number of rotatable bonds is 6. The number of H-pyrrole nitrogens is 1. The molecule has 0 aliphatic rings. The van der Waals surface area contributed by atoms with Crippen molar-refractivity contribution < 1.29 is 14.3 Å². The van der Waals surface area contributed by atoms with Gasteiger partial charge in [0.05, 0.1) is 25.5 Å². The molecule has 3 N–H and O–H groups in total. The lowest BCUT2D eigenvalue weighted by atomic mass is 10.1. The van der Waals surface area contributed by atoms with E-state index in [0.29, 0.717) is 22.3 Å². The molecule has 2 amide bonds. The number of methoxy groups -OCH3 is 1. The van der Waals surface area contributed by atoms with E-state index >= 15 is 0 Å². The zero-order valence-corrected chi connectivity index (χ0v) is 16.5. The largest absolute Gasteiger partial charge is 0.497 e. The summed E-state index contributed by atoms with van der Waals surface area (Å²) in [4.78, 5) is 39.9. The Hall–Kier alpha value is -4.47. The average molecular weight is 418 g/mol. The SMILES string of the molecule is COc1cccc(-n2cc(NC(=O)CNC(=O)c3c[nH]c4ccccc4c3=O)nn2)c1. The van der Waals surface area contributed by atoms with Crippen LogP contribution in [-0.2, 0) is 4.79 Å². The van der Waals surface area contributed by atoms with E-state index in [1.807, 2.05) is 6.07 Å². The van der Waals surface area contributed by atoms with E-state index in [1.54, 1.807) is 49.6 Å². The van der Waals surface area contributed by atoms with Gasteiger partial charge in [-0.2, -0.15) is 0 Å². The standard InChI is InChI=1S/C21H18N6O4/c1-31-14-6-4-5-13(9-14)27-12-18(25-26-27)24-19(28)11-23-21(30)16-10-22-17-8-3-2-7-15(17)20(16)29/h2-10,12H,11H2,1H3,(H,22,29)(H,23,30)(H,24,28). The van der Waals surface area contributed by atoms with E-state index in [1.165, 1.54) is 17.1 Å². The minimum Gasteiger partial charge on any atom is -0.497 e. The predicted octanol–water partition coefficient (Wildman–Crippen LogP) is 1.49. The van der Waals surface area contributed by atoms with Crippen LogP contribution in [0.5, 0.6) is 5.75 Å². The lowest BCUT2D eigenvalue weighted by Gasteiger charge is -2.06. The number of ether oxygens (including phenoxy) is 1. The van der Waals surface area contributed by atoms with Crippen LogP contribution in [-0.4, -0.2) is 45.4 Å². The number of hydrogen-bond donors (Lipinski definition) is 3. The molecule has 0 fully saturated rings. The molecule has 2 aromatic carbocycles. The number of hydrogen-bond acceptors (Lipinski definition) is 6. The van der Waals surface area contributed by atoms with Crippen LogP contribution in [0.15, 0.2) is 65.7 Å². The van der Waals surface area contributed by atoms with E-state index in [-0.39, 0.29) is 17.9 Å². The van der Waals surface area contributed by atoms with Crippen LogP contribution in [0.4, 0.5) is 5.82 Å². The molecule has 2 heterocycles. The second kappa shape index (κ2) is 8.49. The molecule has 4 rings (SSSR count). The number of nitrogens with one attached hydrogen (secondary N) is 3. The zero-order valence-electron chi connectivity index (χ0n) is 16.5. The summed E-state index contributed by atoms with van der Waals surface area (Å²) < 4.78 is 6.65. The first kappa shape index (κ1) is 19.8. The highest BCUT2D eigenvalue weighted by Gasteiger charge is 2.14. The third-order valence-electron chi connectivity index (χ3n) is 4.52.